The Hall–Kier alpha value is -3.23. The largest absolute Gasteiger partial charge is 0.294 e. The number of rotatable bonds is 3. The Kier molecular flexibility index (Phi) is 5.08. The van der Waals surface area contributed by atoms with Crippen molar-refractivity contribution in [3.63, 3.8) is 0 Å². The second-order valence-electron chi connectivity index (χ2n) is 6.59. The molecule has 27 heavy (non-hydrogen) atoms. The van der Waals surface area contributed by atoms with Gasteiger partial charge in [0.2, 0.25) is 0 Å². The third kappa shape index (κ3) is 4.13. The molecule has 3 heterocycles. The summed E-state index contributed by atoms with van der Waals surface area (Å²) in [5.41, 5.74) is 3.79. The first-order chi connectivity index (χ1) is 13.3. The highest BCUT2D eigenvalue weighted by Gasteiger charge is 2.20. The smallest absolute Gasteiger partial charge is 0.258 e. The average Bonchev–Trinajstić information content (AvgIpc) is 2.72. The molecule has 1 aliphatic rings. The number of nitrogens with zero attached hydrogens (tertiary/aromatic N) is 4. The van der Waals surface area contributed by atoms with Crippen LogP contribution in [-0.4, -0.2) is 32.5 Å². The number of hydrogen-bond donors (Lipinski definition) is 0. The maximum Gasteiger partial charge on any atom is 0.258 e. The van der Waals surface area contributed by atoms with Crippen molar-refractivity contribution in [2.45, 2.75) is 19.5 Å². The topological polar surface area (TPSA) is 51.0 Å². The minimum Gasteiger partial charge on any atom is -0.294 e. The number of aromatic nitrogens is 3. The van der Waals surface area contributed by atoms with Crippen molar-refractivity contribution in [1.29, 1.82) is 0 Å². The molecule has 134 valence electrons. The summed E-state index contributed by atoms with van der Waals surface area (Å²) >= 11 is 0. The van der Waals surface area contributed by atoms with Crippen LogP contribution in [0.1, 0.15) is 22.4 Å². The third-order valence-electron chi connectivity index (χ3n) is 4.68. The minimum absolute atomic E-state index is 0.0394. The molecule has 0 atom stereocenters. The molecular weight excluding hydrogens is 336 g/mol. The zero-order valence-electron chi connectivity index (χ0n) is 15.0. The first kappa shape index (κ1) is 17.2. The highest BCUT2D eigenvalue weighted by molar-refractivity contribution is 5.34. The van der Waals surface area contributed by atoms with Gasteiger partial charge in [0.25, 0.3) is 5.56 Å². The van der Waals surface area contributed by atoms with Gasteiger partial charge in [0, 0.05) is 37.5 Å². The predicted octanol–water partition coefficient (Wildman–Crippen LogP) is 2.10. The summed E-state index contributed by atoms with van der Waals surface area (Å²) in [4.78, 5) is 23.7. The van der Waals surface area contributed by atoms with Crippen LogP contribution < -0.4 is 5.56 Å². The summed E-state index contributed by atoms with van der Waals surface area (Å²) < 4.78 is 1.67. The van der Waals surface area contributed by atoms with E-state index in [9.17, 15) is 4.79 Å². The van der Waals surface area contributed by atoms with Crippen LogP contribution in [0.15, 0.2) is 66.0 Å². The van der Waals surface area contributed by atoms with E-state index in [1.165, 1.54) is 0 Å². The Bertz CT molecular complexity index is 1030. The highest BCUT2D eigenvalue weighted by Crippen LogP contribution is 2.13. The quantitative estimate of drug-likeness (QED) is 0.675. The van der Waals surface area contributed by atoms with Crippen LogP contribution in [0.5, 0.6) is 0 Å². The Labute approximate surface area is 158 Å². The third-order valence-corrected chi connectivity index (χ3v) is 4.68. The van der Waals surface area contributed by atoms with Gasteiger partial charge in [-0.25, -0.2) is 4.98 Å². The van der Waals surface area contributed by atoms with Crippen LogP contribution in [0.4, 0.5) is 0 Å². The van der Waals surface area contributed by atoms with Gasteiger partial charge in [-0.2, -0.15) is 0 Å². The molecule has 0 saturated carbocycles. The number of benzene rings is 1. The lowest BCUT2D eigenvalue weighted by molar-refractivity contribution is 0.280. The Morgan fingerprint density at radius 1 is 1.07 bits per heavy atom. The van der Waals surface area contributed by atoms with E-state index in [-0.39, 0.29) is 5.56 Å². The minimum atomic E-state index is 0.0394. The molecule has 1 aliphatic heterocycles. The fourth-order valence-corrected chi connectivity index (χ4v) is 3.21. The molecule has 0 unspecified atom stereocenters. The molecule has 1 aromatic carbocycles. The molecule has 0 fully saturated rings. The maximum absolute atomic E-state index is 12.9. The van der Waals surface area contributed by atoms with Crippen LogP contribution in [0.2, 0.25) is 0 Å². The van der Waals surface area contributed by atoms with E-state index in [2.05, 4.69) is 26.7 Å². The molecule has 4 rings (SSSR count). The Morgan fingerprint density at radius 2 is 1.89 bits per heavy atom. The van der Waals surface area contributed by atoms with E-state index in [0.29, 0.717) is 19.6 Å². The van der Waals surface area contributed by atoms with Crippen molar-refractivity contribution in [2.75, 3.05) is 13.1 Å². The molecule has 0 saturated heterocycles. The molecule has 0 radical (unpaired) electrons. The van der Waals surface area contributed by atoms with Gasteiger partial charge in [-0.15, -0.1) is 0 Å². The second kappa shape index (κ2) is 7.98. The van der Waals surface area contributed by atoms with Gasteiger partial charge in [0.1, 0.15) is 0 Å². The van der Waals surface area contributed by atoms with Gasteiger partial charge >= 0.3 is 0 Å². The number of pyridine rings is 1. The summed E-state index contributed by atoms with van der Waals surface area (Å²) in [5.74, 6) is 6.39. The number of hydrogen-bond acceptors (Lipinski definition) is 4. The van der Waals surface area contributed by atoms with Crippen molar-refractivity contribution in [2.24, 2.45) is 0 Å². The molecule has 5 nitrogen and oxygen atoms in total. The zero-order valence-corrected chi connectivity index (χ0v) is 15.0. The second-order valence-corrected chi connectivity index (χ2v) is 6.59. The molecule has 2 aromatic heterocycles. The zero-order chi connectivity index (χ0) is 18.5. The van der Waals surface area contributed by atoms with Gasteiger partial charge in [0.05, 0.1) is 30.7 Å². The molecule has 0 amide bonds. The van der Waals surface area contributed by atoms with Crippen LogP contribution in [0, 0.1) is 11.8 Å². The van der Waals surface area contributed by atoms with E-state index >= 15 is 0 Å². The van der Waals surface area contributed by atoms with Crippen molar-refractivity contribution in [3.8, 4) is 11.8 Å². The van der Waals surface area contributed by atoms with Gasteiger partial charge in [-0.3, -0.25) is 19.2 Å². The van der Waals surface area contributed by atoms with Gasteiger partial charge in [-0.1, -0.05) is 30.0 Å². The Balaban J connectivity index is 1.49. The van der Waals surface area contributed by atoms with Gasteiger partial charge in [-0.05, 0) is 29.8 Å². The fourth-order valence-electron chi connectivity index (χ4n) is 3.21. The standard InChI is InChI=1S/C22H20N4O/c27-22-20-16-25(13-4-7-18-5-2-1-3-6-18)14-10-21(20)24-17-26(22)15-19-8-11-23-12-9-19/h1-3,5-6,8-9,11-12,17H,10,13-16H2. The van der Waals surface area contributed by atoms with Crippen molar-refractivity contribution < 1.29 is 0 Å². The first-order valence-electron chi connectivity index (χ1n) is 9.02. The monoisotopic (exact) mass is 356 g/mol. The SMILES string of the molecule is O=c1c2c(ncn1Cc1ccncc1)CCN(CC#Cc1ccccc1)C2. The lowest BCUT2D eigenvalue weighted by atomic mass is 10.1. The van der Waals surface area contributed by atoms with Crippen LogP contribution >= 0.6 is 0 Å². The molecule has 0 spiro atoms. The molecule has 0 N–H and O–H groups in total. The van der Waals surface area contributed by atoms with E-state index in [1.807, 2.05) is 42.5 Å². The summed E-state index contributed by atoms with van der Waals surface area (Å²) in [6.45, 7) is 2.63. The molecule has 0 aliphatic carbocycles. The van der Waals surface area contributed by atoms with Crippen LogP contribution in [-0.2, 0) is 19.5 Å². The van der Waals surface area contributed by atoms with Gasteiger partial charge in [0.15, 0.2) is 0 Å². The summed E-state index contributed by atoms with van der Waals surface area (Å²) in [6.07, 6.45) is 5.92. The summed E-state index contributed by atoms with van der Waals surface area (Å²) in [5, 5.41) is 0. The normalized spacial score (nSPS) is 13.5. The lowest BCUT2D eigenvalue weighted by Crippen LogP contribution is -2.38. The van der Waals surface area contributed by atoms with E-state index in [4.69, 9.17) is 0 Å². The number of fused-ring (bicyclic) bond motifs is 1. The average molecular weight is 356 g/mol. The Morgan fingerprint density at radius 3 is 2.70 bits per heavy atom. The van der Waals surface area contributed by atoms with Crippen molar-refractivity contribution in [3.05, 3.63) is 93.9 Å². The first-order valence-corrected chi connectivity index (χ1v) is 9.02. The van der Waals surface area contributed by atoms with Crippen molar-refractivity contribution >= 4 is 0 Å². The summed E-state index contributed by atoms with van der Waals surface area (Å²) in [6, 6.07) is 13.8. The van der Waals surface area contributed by atoms with E-state index < -0.39 is 0 Å². The van der Waals surface area contributed by atoms with E-state index in [0.717, 1.165) is 35.3 Å². The molecular formula is C22H20N4O. The molecule has 0 bridgehead atoms. The predicted molar refractivity (Wildman–Crippen MR) is 104 cm³/mol. The lowest BCUT2D eigenvalue weighted by Gasteiger charge is -2.26. The highest BCUT2D eigenvalue weighted by atomic mass is 16.1. The molecule has 3 aromatic rings. The van der Waals surface area contributed by atoms with Crippen LogP contribution in [0.25, 0.3) is 0 Å². The fraction of sp³-hybridized carbons (Fsp3) is 0.227. The van der Waals surface area contributed by atoms with E-state index in [1.54, 1.807) is 23.3 Å². The maximum atomic E-state index is 12.9. The van der Waals surface area contributed by atoms with Gasteiger partial charge < -0.3 is 0 Å². The van der Waals surface area contributed by atoms with Crippen molar-refractivity contribution in [1.82, 2.24) is 19.4 Å². The van der Waals surface area contributed by atoms with Crippen LogP contribution in [0.3, 0.4) is 0 Å². The summed E-state index contributed by atoms with van der Waals surface area (Å²) in [7, 11) is 0. The molecule has 5 heteroatoms.